The summed E-state index contributed by atoms with van der Waals surface area (Å²) in [5, 5.41) is 8.98. The summed E-state index contributed by atoms with van der Waals surface area (Å²) in [4.78, 5) is 2.54. The van der Waals surface area contributed by atoms with Crippen molar-refractivity contribution in [2.45, 2.75) is 30.0 Å². The fourth-order valence-corrected chi connectivity index (χ4v) is 6.63. The number of anilines is 1. The molecule has 0 aliphatic carbocycles. The van der Waals surface area contributed by atoms with Gasteiger partial charge in [-0.2, -0.15) is 21.6 Å². The number of thiophene rings is 1. The van der Waals surface area contributed by atoms with Crippen LogP contribution in [0.4, 0.5) is 18.9 Å². The Labute approximate surface area is 250 Å². The molecule has 2 aromatic carbocycles. The lowest BCUT2D eigenvalue weighted by atomic mass is 9.90. The molecule has 42 heavy (non-hydrogen) atoms. The maximum atomic E-state index is 13.5. The number of nitrogens with zero attached hydrogens (tertiary/aromatic N) is 5. The zero-order valence-electron chi connectivity index (χ0n) is 22.7. The van der Waals surface area contributed by atoms with Crippen molar-refractivity contribution in [3.63, 3.8) is 0 Å². The van der Waals surface area contributed by atoms with Gasteiger partial charge in [0.25, 0.3) is 0 Å². The van der Waals surface area contributed by atoms with Crippen molar-refractivity contribution in [2.24, 2.45) is 9.50 Å². The first-order valence-electron chi connectivity index (χ1n) is 12.7. The summed E-state index contributed by atoms with van der Waals surface area (Å²) in [5.74, 6) is -0.259. The number of rotatable bonds is 5. The molecule has 0 fully saturated rings. The van der Waals surface area contributed by atoms with Gasteiger partial charge in [-0.1, -0.05) is 29.8 Å². The number of aromatic nitrogens is 1. The highest BCUT2D eigenvalue weighted by Gasteiger charge is 2.45. The third-order valence-corrected chi connectivity index (χ3v) is 9.29. The summed E-state index contributed by atoms with van der Waals surface area (Å²) in [7, 11) is -0.701. The maximum absolute atomic E-state index is 13.5. The number of benzene rings is 2. The minimum atomic E-state index is -4.60. The van der Waals surface area contributed by atoms with Gasteiger partial charge in [0.1, 0.15) is 10.9 Å². The van der Waals surface area contributed by atoms with Crippen LogP contribution in [0.15, 0.2) is 105 Å². The molecular formula is C29H26ClF3N5O2S2+. The number of hydrogen-bond acceptors (Lipinski definition) is 5. The molecule has 2 unspecified atom stereocenters. The van der Waals surface area contributed by atoms with Crippen molar-refractivity contribution in [3.05, 3.63) is 112 Å². The van der Waals surface area contributed by atoms with Gasteiger partial charge in [0.2, 0.25) is 0 Å². The molecule has 2 aromatic heterocycles. The molecule has 0 saturated carbocycles. The molecule has 218 valence electrons. The Morgan fingerprint density at radius 3 is 2.21 bits per heavy atom. The van der Waals surface area contributed by atoms with Gasteiger partial charge in [0.15, 0.2) is 0 Å². The highest BCUT2D eigenvalue weighted by molar-refractivity contribution is 7.90. The van der Waals surface area contributed by atoms with Crippen LogP contribution in [0, 0.1) is 0 Å². The second-order valence-electron chi connectivity index (χ2n) is 9.82. The maximum Gasteiger partial charge on any atom is 0.435 e. The molecule has 1 aliphatic rings. The van der Waals surface area contributed by atoms with Gasteiger partial charge in [-0.05, 0) is 72.5 Å². The third-order valence-electron chi connectivity index (χ3n) is 6.81. The molecule has 0 spiro atoms. The fourth-order valence-electron chi connectivity index (χ4n) is 4.60. The first-order valence-corrected chi connectivity index (χ1v) is 15.4. The molecule has 13 heteroatoms. The second kappa shape index (κ2) is 11.5. The number of halogens is 4. The summed E-state index contributed by atoms with van der Waals surface area (Å²) in [6.07, 6.45) is -1.27. The molecule has 0 bridgehead atoms. The topological polar surface area (TPSA) is 69.2 Å². The highest BCUT2D eigenvalue weighted by atomic mass is 35.5. The van der Waals surface area contributed by atoms with E-state index in [1.807, 2.05) is 55.6 Å². The minimum absolute atomic E-state index is 0.0294. The summed E-state index contributed by atoms with van der Waals surface area (Å²) in [6.45, 7) is 1.92. The van der Waals surface area contributed by atoms with Crippen molar-refractivity contribution in [2.75, 3.05) is 19.0 Å². The lowest BCUT2D eigenvalue weighted by Crippen LogP contribution is -2.53. The van der Waals surface area contributed by atoms with Crippen LogP contribution in [-0.2, 0) is 16.2 Å². The van der Waals surface area contributed by atoms with Crippen LogP contribution < -0.4 is 9.47 Å². The first-order chi connectivity index (χ1) is 19.8. The quantitative estimate of drug-likeness (QED) is 0.148. The monoisotopic (exact) mass is 632 g/mol. The Hall–Kier alpha value is -3.74. The number of alkyl halides is 3. The Morgan fingerprint density at radius 2 is 1.67 bits per heavy atom. The Balaban J connectivity index is 1.66. The van der Waals surface area contributed by atoms with E-state index in [1.165, 1.54) is 4.57 Å². The van der Waals surface area contributed by atoms with E-state index in [-0.39, 0.29) is 22.8 Å². The van der Waals surface area contributed by atoms with E-state index < -0.39 is 21.8 Å². The van der Waals surface area contributed by atoms with Gasteiger partial charge < -0.3 is 4.90 Å². The van der Waals surface area contributed by atoms with Crippen LogP contribution in [-0.4, -0.2) is 45.2 Å². The van der Waals surface area contributed by atoms with Gasteiger partial charge in [-0.25, -0.2) is 4.57 Å². The van der Waals surface area contributed by atoms with E-state index >= 15 is 0 Å². The van der Waals surface area contributed by atoms with E-state index in [2.05, 4.69) is 4.40 Å². The Morgan fingerprint density at radius 1 is 1.02 bits per heavy atom. The number of sulfonamides is 1. The van der Waals surface area contributed by atoms with Crippen LogP contribution >= 0.6 is 22.9 Å². The minimum Gasteiger partial charge on any atom is -0.377 e. The van der Waals surface area contributed by atoms with Gasteiger partial charge >= 0.3 is 22.2 Å². The van der Waals surface area contributed by atoms with Crippen LogP contribution in [0.5, 0.6) is 0 Å². The van der Waals surface area contributed by atoms with Crippen LogP contribution in [0.1, 0.15) is 28.8 Å². The predicted molar refractivity (Wildman–Crippen MR) is 159 cm³/mol. The van der Waals surface area contributed by atoms with E-state index in [4.69, 9.17) is 16.7 Å². The molecule has 0 amide bonds. The van der Waals surface area contributed by atoms with E-state index in [0.29, 0.717) is 10.7 Å². The summed E-state index contributed by atoms with van der Waals surface area (Å²) < 4.78 is 72.1. The van der Waals surface area contributed by atoms with Gasteiger partial charge in [0.05, 0.1) is 29.6 Å². The second-order valence-corrected chi connectivity index (χ2v) is 12.8. The molecule has 4 aromatic rings. The molecule has 7 nitrogen and oxygen atoms in total. The van der Waals surface area contributed by atoms with Crippen LogP contribution in [0.2, 0.25) is 5.02 Å². The molecule has 0 N–H and O–H groups in total. The van der Waals surface area contributed by atoms with Crippen molar-refractivity contribution < 1.29 is 26.2 Å². The van der Waals surface area contributed by atoms with Crippen LogP contribution in [0.3, 0.4) is 0 Å². The lowest BCUT2D eigenvalue weighted by Gasteiger charge is -2.20. The van der Waals surface area contributed by atoms with E-state index in [1.54, 1.807) is 53.0 Å². The largest absolute Gasteiger partial charge is 0.435 e. The summed E-state index contributed by atoms with van der Waals surface area (Å²) in [6, 6.07) is 17.6. The number of pyridine rings is 1. The predicted octanol–water partition coefficient (Wildman–Crippen LogP) is 6.26. The molecular weight excluding hydrogens is 607 g/mol. The average molecular weight is 633 g/mol. The Bertz CT molecular complexity index is 1720. The molecule has 0 saturated heterocycles. The van der Waals surface area contributed by atoms with Crippen LogP contribution in [0.25, 0.3) is 0 Å². The van der Waals surface area contributed by atoms with Gasteiger partial charge in [0, 0.05) is 34.1 Å². The van der Waals surface area contributed by atoms with Crippen molar-refractivity contribution >= 4 is 50.3 Å². The molecule has 2 atom stereocenters. The number of hydrazone groups is 1. The van der Waals surface area contributed by atoms with Gasteiger partial charge in [-0.3, -0.25) is 0 Å². The van der Waals surface area contributed by atoms with Crippen molar-refractivity contribution in [3.8, 4) is 0 Å². The van der Waals surface area contributed by atoms with E-state index in [9.17, 15) is 21.6 Å². The summed E-state index contributed by atoms with van der Waals surface area (Å²) in [5.41, 5.74) is 1.42. The zero-order chi connectivity index (χ0) is 30.2. The smallest absolute Gasteiger partial charge is 0.377 e. The van der Waals surface area contributed by atoms with Gasteiger partial charge in [-0.15, -0.1) is 21.4 Å². The normalized spacial score (nSPS) is 17.8. The SMILES string of the molecule is CC1C(c2cccs2)C(c2ccc(Cl)cc2)=NN1/C(=N\S(=O)(=O)c1ccc(C(F)(F)F)cc1)[n+]1ccc(N(C)C)cc1. The zero-order valence-corrected chi connectivity index (χ0v) is 25.1. The standard InChI is InChI=1S/C29H26ClF3N5O2S2/c1-19-26(25-5-4-18-41-25)27(20-6-10-22(30)11-7-20)34-38(19)28(37-16-14-23(15-17-37)36(2)3)35-42(39,40)24-12-8-21(9-13-24)29(31,32)33/h4-19,26H,1-3H3/q+1/b35-28-. The number of hydrogen-bond donors (Lipinski definition) is 0. The average Bonchev–Trinajstić information content (AvgIpc) is 3.60. The highest BCUT2D eigenvalue weighted by Crippen LogP contribution is 2.37. The third kappa shape index (κ3) is 6.06. The van der Waals surface area contributed by atoms with Crippen molar-refractivity contribution in [1.29, 1.82) is 0 Å². The first kappa shape index (κ1) is 29.7. The molecule has 3 heterocycles. The Kier molecular flexibility index (Phi) is 8.15. The van der Waals surface area contributed by atoms with E-state index in [0.717, 1.165) is 40.4 Å². The molecule has 0 radical (unpaired) electrons. The lowest BCUT2D eigenvalue weighted by molar-refractivity contribution is -0.565. The molecule has 5 rings (SSSR count). The molecule has 1 aliphatic heterocycles. The van der Waals surface area contributed by atoms with Crippen molar-refractivity contribution in [1.82, 2.24) is 5.01 Å². The fraction of sp³-hybridized carbons (Fsp3) is 0.207. The summed E-state index contributed by atoms with van der Waals surface area (Å²) >= 11 is 7.70.